The van der Waals surface area contributed by atoms with Crippen LogP contribution in [0.1, 0.15) is 46.0 Å². The van der Waals surface area contributed by atoms with E-state index in [2.05, 4.69) is 6.58 Å². The molecule has 0 aliphatic heterocycles. The summed E-state index contributed by atoms with van der Waals surface area (Å²) >= 11 is 0. The van der Waals surface area contributed by atoms with E-state index in [1.807, 2.05) is 19.9 Å². The van der Waals surface area contributed by atoms with Gasteiger partial charge in [0.15, 0.2) is 0 Å². The van der Waals surface area contributed by atoms with Crippen LogP contribution in [0.3, 0.4) is 0 Å². The Morgan fingerprint density at radius 2 is 1.92 bits per heavy atom. The van der Waals surface area contributed by atoms with Crippen molar-refractivity contribution in [1.82, 2.24) is 0 Å². The number of methoxy groups -OCH3 is 1. The predicted molar refractivity (Wildman–Crippen MR) is 99.4 cm³/mol. The molecule has 2 rings (SSSR count). The summed E-state index contributed by atoms with van der Waals surface area (Å²) in [6, 6.07) is 0. The van der Waals surface area contributed by atoms with E-state index in [-0.39, 0.29) is 29.8 Å². The van der Waals surface area contributed by atoms with E-state index in [1.165, 1.54) is 24.3 Å². The Hall–Kier alpha value is -2.14. The molecule has 5 heteroatoms. The van der Waals surface area contributed by atoms with Crippen molar-refractivity contribution < 1.29 is 24.5 Å². The largest absolute Gasteiger partial charge is 0.478 e. The van der Waals surface area contributed by atoms with E-state index >= 15 is 0 Å². The highest BCUT2D eigenvalue weighted by molar-refractivity contribution is 5.89. The normalized spacial score (nSPS) is 31.0. The van der Waals surface area contributed by atoms with Crippen LogP contribution in [0, 0.1) is 11.8 Å². The van der Waals surface area contributed by atoms with Crippen molar-refractivity contribution in [2.24, 2.45) is 11.8 Å². The van der Waals surface area contributed by atoms with Crippen LogP contribution in [0.25, 0.3) is 0 Å². The maximum absolute atomic E-state index is 12.2. The molecule has 26 heavy (non-hydrogen) atoms. The first-order chi connectivity index (χ1) is 12.3. The number of aliphatic hydroxyl groups is 1. The smallest absolute Gasteiger partial charge is 0.333 e. The SMILES string of the molecule is C=C1CCC(=C(C)C)[C@H]2/C=C(/C(=O)OC)CC/C=C(\C(=O)O)[C@H](O)C[C@H]12. The zero-order valence-corrected chi connectivity index (χ0v) is 15.7. The number of allylic oxidation sites excluding steroid dienone is 5. The fourth-order valence-corrected chi connectivity index (χ4v) is 3.98. The van der Waals surface area contributed by atoms with Crippen LogP contribution in [0.4, 0.5) is 0 Å². The summed E-state index contributed by atoms with van der Waals surface area (Å²) in [7, 11) is 1.35. The molecule has 0 unspecified atom stereocenters. The molecule has 0 radical (unpaired) electrons. The highest BCUT2D eigenvalue weighted by Gasteiger charge is 2.35. The third kappa shape index (κ3) is 4.33. The van der Waals surface area contributed by atoms with Crippen LogP contribution in [0.5, 0.6) is 0 Å². The molecule has 0 aromatic carbocycles. The molecule has 2 aliphatic carbocycles. The molecule has 0 spiro atoms. The number of rotatable bonds is 2. The summed E-state index contributed by atoms with van der Waals surface area (Å²) in [5.41, 5.74) is 3.95. The molecule has 0 heterocycles. The van der Waals surface area contributed by atoms with Crippen LogP contribution >= 0.6 is 0 Å². The van der Waals surface area contributed by atoms with Gasteiger partial charge in [-0.25, -0.2) is 9.59 Å². The van der Waals surface area contributed by atoms with Crippen molar-refractivity contribution in [2.45, 2.75) is 52.1 Å². The van der Waals surface area contributed by atoms with E-state index < -0.39 is 12.1 Å². The Kier molecular flexibility index (Phi) is 6.59. The second-order valence-electron chi connectivity index (χ2n) is 7.25. The minimum absolute atomic E-state index is 0.00742. The molecule has 142 valence electrons. The summed E-state index contributed by atoms with van der Waals surface area (Å²) in [5, 5.41) is 20.0. The Balaban J connectivity index is 2.56. The molecule has 0 saturated heterocycles. The first kappa shape index (κ1) is 20.2. The highest BCUT2D eigenvalue weighted by atomic mass is 16.5. The second-order valence-corrected chi connectivity index (χ2v) is 7.25. The monoisotopic (exact) mass is 360 g/mol. The van der Waals surface area contributed by atoms with Crippen LogP contribution in [-0.2, 0) is 14.3 Å². The van der Waals surface area contributed by atoms with Gasteiger partial charge in [-0.15, -0.1) is 0 Å². The maximum Gasteiger partial charge on any atom is 0.333 e. The number of hydrogen-bond donors (Lipinski definition) is 2. The Morgan fingerprint density at radius 3 is 2.50 bits per heavy atom. The molecule has 1 fully saturated rings. The number of esters is 1. The standard InChI is InChI=1S/C21H28O5/c1-12(2)15-9-8-13(3)17-11-19(22)16(20(23)24)7-5-6-14(10-18(15)17)21(25)26-4/h7,10,17-19,22H,3,5-6,8-9,11H2,1-2,4H3,(H,23,24)/b14-10+,16-7-/t17-,18-,19-/m1/s1. The van der Waals surface area contributed by atoms with Crippen LogP contribution in [-0.4, -0.2) is 35.4 Å². The first-order valence-electron chi connectivity index (χ1n) is 9.00. The van der Waals surface area contributed by atoms with Gasteiger partial charge in [-0.2, -0.15) is 0 Å². The zero-order valence-electron chi connectivity index (χ0n) is 15.7. The average molecular weight is 360 g/mol. The summed E-state index contributed by atoms with van der Waals surface area (Å²) in [6.07, 6.45) is 5.11. The highest BCUT2D eigenvalue weighted by Crippen LogP contribution is 2.43. The fourth-order valence-electron chi connectivity index (χ4n) is 3.98. The van der Waals surface area contributed by atoms with E-state index in [9.17, 15) is 19.8 Å². The summed E-state index contributed by atoms with van der Waals surface area (Å²) in [4.78, 5) is 23.8. The van der Waals surface area contributed by atoms with E-state index in [1.54, 1.807) is 0 Å². The van der Waals surface area contributed by atoms with Gasteiger partial charge in [-0.3, -0.25) is 0 Å². The molecular formula is C21H28O5. The van der Waals surface area contributed by atoms with Crippen molar-refractivity contribution in [1.29, 1.82) is 0 Å². The van der Waals surface area contributed by atoms with Gasteiger partial charge in [0.2, 0.25) is 0 Å². The number of carbonyl (C=O) groups is 2. The van der Waals surface area contributed by atoms with Gasteiger partial charge in [0.1, 0.15) is 0 Å². The molecule has 0 aromatic rings. The number of carboxylic acid groups (broad SMARTS) is 1. The summed E-state index contributed by atoms with van der Waals surface area (Å²) in [6.45, 7) is 8.26. The lowest BCUT2D eigenvalue weighted by molar-refractivity contribution is -0.136. The van der Waals surface area contributed by atoms with Gasteiger partial charge in [-0.1, -0.05) is 35.5 Å². The lowest BCUT2D eigenvalue weighted by Crippen LogP contribution is -2.30. The van der Waals surface area contributed by atoms with Crippen LogP contribution in [0.15, 0.2) is 46.6 Å². The van der Waals surface area contributed by atoms with Gasteiger partial charge in [-0.05, 0) is 51.9 Å². The fraction of sp³-hybridized carbons (Fsp3) is 0.524. The number of hydrogen-bond acceptors (Lipinski definition) is 4. The molecule has 5 nitrogen and oxygen atoms in total. The number of carbonyl (C=O) groups excluding carboxylic acids is 1. The van der Waals surface area contributed by atoms with Gasteiger partial charge >= 0.3 is 11.9 Å². The van der Waals surface area contributed by atoms with E-state index in [0.717, 1.165) is 18.4 Å². The third-order valence-electron chi connectivity index (χ3n) is 5.41. The number of carboxylic acids is 1. The lowest BCUT2D eigenvalue weighted by Gasteiger charge is -2.37. The van der Waals surface area contributed by atoms with Gasteiger partial charge in [0.25, 0.3) is 0 Å². The van der Waals surface area contributed by atoms with Crippen molar-refractivity contribution in [3.8, 4) is 0 Å². The summed E-state index contributed by atoms with van der Waals surface area (Å²) in [5.74, 6) is -1.69. The summed E-state index contributed by atoms with van der Waals surface area (Å²) < 4.78 is 4.92. The predicted octanol–water partition coefficient (Wildman–Crippen LogP) is 3.56. The minimum atomic E-state index is -1.12. The average Bonchev–Trinajstić information content (AvgIpc) is 2.58. The van der Waals surface area contributed by atoms with Crippen LogP contribution in [0.2, 0.25) is 0 Å². The van der Waals surface area contributed by atoms with Gasteiger partial charge in [0, 0.05) is 11.5 Å². The minimum Gasteiger partial charge on any atom is -0.478 e. The van der Waals surface area contributed by atoms with Crippen LogP contribution < -0.4 is 0 Å². The molecule has 1 saturated carbocycles. The number of aliphatic hydroxyl groups excluding tert-OH is 1. The quantitative estimate of drug-likeness (QED) is 0.581. The van der Waals surface area contributed by atoms with Crippen molar-refractivity contribution >= 4 is 11.9 Å². The Morgan fingerprint density at radius 1 is 1.23 bits per heavy atom. The topological polar surface area (TPSA) is 83.8 Å². The molecule has 3 atom stereocenters. The van der Waals surface area contributed by atoms with Crippen molar-refractivity contribution in [3.05, 3.63) is 46.6 Å². The molecule has 0 amide bonds. The first-order valence-corrected chi connectivity index (χ1v) is 9.00. The zero-order chi connectivity index (χ0) is 19.4. The molecule has 0 aromatic heterocycles. The Labute approximate surface area is 154 Å². The number of fused-ring (bicyclic) bond motifs is 1. The van der Waals surface area contributed by atoms with E-state index in [0.29, 0.717) is 18.4 Å². The molecular weight excluding hydrogens is 332 g/mol. The Bertz CT molecular complexity index is 691. The van der Waals surface area contributed by atoms with Gasteiger partial charge < -0.3 is 14.9 Å². The lowest BCUT2D eigenvalue weighted by atomic mass is 9.68. The molecule has 2 aliphatic rings. The van der Waals surface area contributed by atoms with Crippen molar-refractivity contribution in [2.75, 3.05) is 7.11 Å². The molecule has 0 bridgehead atoms. The maximum atomic E-state index is 12.2. The van der Waals surface area contributed by atoms with E-state index in [4.69, 9.17) is 4.74 Å². The van der Waals surface area contributed by atoms with Gasteiger partial charge in [0.05, 0.1) is 18.8 Å². The molecule has 2 N–H and O–H groups in total. The second kappa shape index (κ2) is 8.49. The number of ether oxygens (including phenoxy) is 1. The van der Waals surface area contributed by atoms with Crippen molar-refractivity contribution in [3.63, 3.8) is 0 Å². The number of aliphatic carboxylic acids is 1. The third-order valence-corrected chi connectivity index (χ3v) is 5.41.